The lowest BCUT2D eigenvalue weighted by molar-refractivity contribution is -0.137. The minimum Gasteiger partial charge on any atom is -0.203 e. The molecule has 0 radical (unpaired) electrons. The highest BCUT2D eigenvalue weighted by Gasteiger charge is 2.32. The smallest absolute Gasteiger partial charge is 0.203 e. The Morgan fingerprint density at radius 3 is 1.62 bits per heavy atom. The van der Waals surface area contributed by atoms with Gasteiger partial charge in [0.15, 0.2) is 23.3 Å². The van der Waals surface area contributed by atoms with E-state index in [1.54, 1.807) is 0 Å². The monoisotopic (exact) mass is 312 g/mol. The van der Waals surface area contributed by atoms with E-state index in [0.717, 1.165) is 12.1 Å². The number of rotatable bonds is 1. The van der Waals surface area contributed by atoms with Crippen LogP contribution in [0.5, 0.6) is 0 Å². The third-order valence-corrected chi connectivity index (χ3v) is 2.69. The van der Waals surface area contributed by atoms with Crippen LogP contribution in [0.15, 0.2) is 24.3 Å². The van der Waals surface area contributed by atoms with Crippen LogP contribution in [0.2, 0.25) is 0 Å². The fourth-order valence-corrected chi connectivity index (χ4v) is 1.71. The number of hydrogen-bond acceptors (Lipinski definition) is 0. The van der Waals surface area contributed by atoms with Gasteiger partial charge in [-0.05, 0) is 17.7 Å². The second-order valence-electron chi connectivity index (χ2n) is 4.02. The summed E-state index contributed by atoms with van der Waals surface area (Å²) in [6, 6.07) is 2.53. The molecule has 0 N–H and O–H groups in total. The first-order valence-electron chi connectivity index (χ1n) is 5.33. The maximum Gasteiger partial charge on any atom is 0.416 e. The fraction of sp³-hybridized carbons (Fsp3) is 0.0769. The largest absolute Gasteiger partial charge is 0.416 e. The summed E-state index contributed by atoms with van der Waals surface area (Å²) in [6.07, 6.45) is -4.82. The summed E-state index contributed by atoms with van der Waals surface area (Å²) in [5, 5.41) is 0. The molecule has 0 unspecified atom stereocenters. The van der Waals surface area contributed by atoms with Crippen molar-refractivity contribution < 1.29 is 35.1 Å². The molecule has 0 bridgehead atoms. The van der Waals surface area contributed by atoms with Crippen molar-refractivity contribution in [1.82, 2.24) is 0 Å². The summed E-state index contributed by atoms with van der Waals surface area (Å²) in [5.74, 6) is -11.2. The van der Waals surface area contributed by atoms with Gasteiger partial charge >= 0.3 is 6.18 Å². The van der Waals surface area contributed by atoms with Gasteiger partial charge in [0.2, 0.25) is 5.82 Å². The van der Waals surface area contributed by atoms with E-state index in [-0.39, 0.29) is 0 Å². The molecule has 0 aromatic heterocycles. The molecular formula is C13H4F8. The third kappa shape index (κ3) is 2.57. The summed E-state index contributed by atoms with van der Waals surface area (Å²) >= 11 is 0. The summed E-state index contributed by atoms with van der Waals surface area (Å²) in [6.45, 7) is 0. The Kier molecular flexibility index (Phi) is 3.65. The normalized spacial score (nSPS) is 11.8. The molecule has 112 valence electrons. The standard InChI is InChI=1S/C13H4F8/c14-8-7(9(15)11(17)12(18)10(8)16)5-2-1-3-6(4-5)13(19,20)21/h1-4H. The summed E-state index contributed by atoms with van der Waals surface area (Å²) in [7, 11) is 0. The van der Waals surface area contributed by atoms with Crippen molar-refractivity contribution in [3.8, 4) is 11.1 Å². The van der Waals surface area contributed by atoms with Gasteiger partial charge in [-0.15, -0.1) is 0 Å². The Balaban J connectivity index is 2.74. The molecule has 0 aliphatic rings. The highest BCUT2D eigenvalue weighted by molar-refractivity contribution is 5.66. The van der Waals surface area contributed by atoms with E-state index in [4.69, 9.17) is 0 Å². The quantitative estimate of drug-likeness (QED) is 0.392. The first kappa shape index (κ1) is 15.3. The molecule has 21 heavy (non-hydrogen) atoms. The number of benzene rings is 2. The van der Waals surface area contributed by atoms with Crippen molar-refractivity contribution in [2.45, 2.75) is 6.18 Å². The van der Waals surface area contributed by atoms with Gasteiger partial charge in [0.1, 0.15) is 0 Å². The Bertz CT molecular complexity index is 673. The van der Waals surface area contributed by atoms with Gasteiger partial charge in [-0.2, -0.15) is 13.2 Å². The number of alkyl halides is 3. The van der Waals surface area contributed by atoms with Gasteiger partial charge in [-0.3, -0.25) is 0 Å². The van der Waals surface area contributed by atoms with Crippen molar-refractivity contribution in [2.75, 3.05) is 0 Å². The molecular weight excluding hydrogens is 308 g/mol. The van der Waals surface area contributed by atoms with Crippen LogP contribution in [0.25, 0.3) is 11.1 Å². The zero-order chi connectivity index (χ0) is 15.9. The van der Waals surface area contributed by atoms with Crippen molar-refractivity contribution in [1.29, 1.82) is 0 Å². The number of halogens is 8. The molecule has 0 amide bonds. The first-order chi connectivity index (χ1) is 9.64. The van der Waals surface area contributed by atoms with Crippen LogP contribution in [0.1, 0.15) is 5.56 Å². The highest BCUT2D eigenvalue weighted by atomic mass is 19.4. The van der Waals surface area contributed by atoms with E-state index in [9.17, 15) is 35.1 Å². The maximum absolute atomic E-state index is 13.5. The van der Waals surface area contributed by atoms with E-state index in [0.29, 0.717) is 12.1 Å². The van der Waals surface area contributed by atoms with Gasteiger partial charge in [-0.25, -0.2) is 22.0 Å². The van der Waals surface area contributed by atoms with E-state index in [2.05, 4.69) is 0 Å². The van der Waals surface area contributed by atoms with Crippen molar-refractivity contribution in [2.24, 2.45) is 0 Å². The van der Waals surface area contributed by atoms with Gasteiger partial charge in [-0.1, -0.05) is 12.1 Å². The van der Waals surface area contributed by atoms with Crippen LogP contribution in [0, 0.1) is 29.1 Å². The molecule has 0 saturated carbocycles. The molecule has 0 heterocycles. The lowest BCUT2D eigenvalue weighted by Crippen LogP contribution is -2.07. The van der Waals surface area contributed by atoms with Crippen LogP contribution >= 0.6 is 0 Å². The molecule has 0 spiro atoms. The molecule has 2 aromatic carbocycles. The van der Waals surface area contributed by atoms with E-state index in [1.807, 2.05) is 0 Å². The second kappa shape index (κ2) is 5.01. The Labute approximate surface area is 112 Å². The van der Waals surface area contributed by atoms with Gasteiger partial charge in [0, 0.05) is 0 Å². The van der Waals surface area contributed by atoms with Crippen molar-refractivity contribution >= 4 is 0 Å². The molecule has 0 atom stereocenters. The zero-order valence-electron chi connectivity index (χ0n) is 9.83. The molecule has 0 fully saturated rings. The SMILES string of the molecule is Fc1c(F)c(F)c(-c2cccc(C(F)(F)F)c2)c(F)c1F. The fourth-order valence-electron chi connectivity index (χ4n) is 1.71. The van der Waals surface area contributed by atoms with Crippen LogP contribution in [-0.2, 0) is 6.18 Å². The van der Waals surface area contributed by atoms with E-state index < -0.39 is 52.0 Å². The van der Waals surface area contributed by atoms with Crippen LogP contribution in [0.3, 0.4) is 0 Å². The van der Waals surface area contributed by atoms with Crippen LogP contribution in [0.4, 0.5) is 35.1 Å². The maximum atomic E-state index is 13.5. The first-order valence-corrected chi connectivity index (χ1v) is 5.33. The Morgan fingerprint density at radius 1 is 0.667 bits per heavy atom. The average Bonchev–Trinajstić information content (AvgIpc) is 2.43. The van der Waals surface area contributed by atoms with Gasteiger partial charge < -0.3 is 0 Å². The molecule has 0 aliphatic heterocycles. The zero-order valence-corrected chi connectivity index (χ0v) is 9.83. The molecule has 2 aromatic rings. The molecule has 8 heteroatoms. The van der Waals surface area contributed by atoms with E-state index in [1.165, 1.54) is 0 Å². The Morgan fingerprint density at radius 2 is 1.14 bits per heavy atom. The summed E-state index contributed by atoms with van der Waals surface area (Å²) in [4.78, 5) is 0. The predicted molar refractivity (Wildman–Crippen MR) is 56.7 cm³/mol. The second-order valence-corrected chi connectivity index (χ2v) is 4.02. The van der Waals surface area contributed by atoms with Crippen molar-refractivity contribution in [3.63, 3.8) is 0 Å². The topological polar surface area (TPSA) is 0 Å². The lowest BCUT2D eigenvalue weighted by Gasteiger charge is -2.11. The minimum atomic E-state index is -4.82. The summed E-state index contributed by atoms with van der Waals surface area (Å²) < 4.78 is 104. The summed E-state index contributed by atoms with van der Waals surface area (Å²) in [5.41, 5.74) is -3.45. The lowest BCUT2D eigenvalue weighted by atomic mass is 10.0. The van der Waals surface area contributed by atoms with Crippen LogP contribution < -0.4 is 0 Å². The third-order valence-electron chi connectivity index (χ3n) is 2.69. The highest BCUT2D eigenvalue weighted by Crippen LogP contribution is 2.35. The molecule has 0 nitrogen and oxygen atoms in total. The molecule has 0 saturated heterocycles. The Hall–Kier alpha value is -2.12. The van der Waals surface area contributed by atoms with Gasteiger partial charge in [0.25, 0.3) is 0 Å². The van der Waals surface area contributed by atoms with Crippen molar-refractivity contribution in [3.05, 3.63) is 58.9 Å². The number of hydrogen-bond donors (Lipinski definition) is 0. The average molecular weight is 312 g/mol. The molecule has 0 aliphatic carbocycles. The predicted octanol–water partition coefficient (Wildman–Crippen LogP) is 5.07. The minimum absolute atomic E-state index is 0.304. The molecule has 2 rings (SSSR count). The van der Waals surface area contributed by atoms with Crippen LogP contribution in [-0.4, -0.2) is 0 Å². The van der Waals surface area contributed by atoms with E-state index >= 15 is 0 Å². The van der Waals surface area contributed by atoms with Gasteiger partial charge in [0.05, 0.1) is 11.1 Å².